The van der Waals surface area contributed by atoms with Crippen LogP contribution >= 0.6 is 0 Å². The van der Waals surface area contributed by atoms with Crippen LogP contribution < -0.4 is 0 Å². The number of aliphatic imine (C=N–C) groups is 1. The average molecular weight is 163 g/mol. The van der Waals surface area contributed by atoms with E-state index in [0.29, 0.717) is 0 Å². The van der Waals surface area contributed by atoms with Gasteiger partial charge in [0.1, 0.15) is 0 Å². The summed E-state index contributed by atoms with van der Waals surface area (Å²) in [5.74, 6) is 0.827. The second-order valence-corrected chi connectivity index (χ2v) is 2.52. The Labute approximate surface area is 72.3 Å². The lowest BCUT2D eigenvalue weighted by molar-refractivity contribution is 1.21. The third kappa shape index (κ3) is 1.81. The zero-order chi connectivity index (χ0) is 8.97. The van der Waals surface area contributed by atoms with Crippen LogP contribution in [0.25, 0.3) is 0 Å². The highest BCUT2D eigenvalue weighted by Crippen LogP contribution is 1.98. The quantitative estimate of drug-likeness (QED) is 0.662. The summed E-state index contributed by atoms with van der Waals surface area (Å²) in [6.45, 7) is 3.93. The molecule has 1 rings (SSSR count). The molecule has 1 aromatic heterocycles. The lowest BCUT2D eigenvalue weighted by Crippen LogP contribution is -1.98. The van der Waals surface area contributed by atoms with Gasteiger partial charge in [-0.1, -0.05) is 6.08 Å². The van der Waals surface area contributed by atoms with Gasteiger partial charge in [-0.3, -0.25) is 4.99 Å². The van der Waals surface area contributed by atoms with E-state index in [4.69, 9.17) is 0 Å². The number of imidazole rings is 1. The van der Waals surface area contributed by atoms with Crippen LogP contribution in [0.5, 0.6) is 0 Å². The molecule has 0 unspecified atom stereocenters. The largest absolute Gasteiger partial charge is 0.341 e. The summed E-state index contributed by atoms with van der Waals surface area (Å²) in [5.41, 5.74) is 1.93. The second-order valence-electron chi connectivity index (χ2n) is 2.52. The molecule has 0 aliphatic rings. The normalized spacial score (nSPS) is 12.8. The first kappa shape index (κ1) is 8.71. The van der Waals surface area contributed by atoms with Crippen LogP contribution in [-0.4, -0.2) is 22.7 Å². The van der Waals surface area contributed by atoms with Gasteiger partial charge < -0.3 is 4.98 Å². The van der Waals surface area contributed by atoms with Gasteiger partial charge in [0.15, 0.2) is 5.82 Å². The van der Waals surface area contributed by atoms with Gasteiger partial charge in [0.25, 0.3) is 0 Å². The van der Waals surface area contributed by atoms with E-state index < -0.39 is 0 Å². The lowest BCUT2D eigenvalue weighted by atomic mass is 10.3. The maximum atomic E-state index is 4.17. The summed E-state index contributed by atoms with van der Waals surface area (Å²) in [7, 11) is 1.76. The van der Waals surface area contributed by atoms with Crippen LogP contribution in [0.2, 0.25) is 0 Å². The Morgan fingerprint density at radius 1 is 1.67 bits per heavy atom. The number of aromatic nitrogens is 2. The summed E-state index contributed by atoms with van der Waals surface area (Å²) < 4.78 is 0. The summed E-state index contributed by atoms with van der Waals surface area (Å²) in [6, 6.07) is 0. The van der Waals surface area contributed by atoms with E-state index in [9.17, 15) is 0 Å². The lowest BCUT2D eigenvalue weighted by Gasteiger charge is -1.92. The summed E-state index contributed by atoms with van der Waals surface area (Å²) in [6.07, 6.45) is 5.67. The van der Waals surface area contributed by atoms with E-state index >= 15 is 0 Å². The van der Waals surface area contributed by atoms with Crippen LogP contribution in [0.3, 0.4) is 0 Å². The fourth-order valence-electron chi connectivity index (χ4n) is 0.960. The molecule has 1 aromatic rings. The molecule has 1 N–H and O–H groups in total. The summed E-state index contributed by atoms with van der Waals surface area (Å²) in [5, 5.41) is 0. The molecule has 0 saturated heterocycles. The number of aromatic amines is 1. The van der Waals surface area contributed by atoms with Crippen molar-refractivity contribution in [3.8, 4) is 0 Å². The van der Waals surface area contributed by atoms with Crippen molar-refractivity contribution >= 4 is 5.71 Å². The molecule has 3 nitrogen and oxygen atoms in total. The first-order chi connectivity index (χ1) is 5.77. The molecule has 64 valence electrons. The number of allylic oxidation sites excluding steroid dienone is 2. The van der Waals surface area contributed by atoms with Gasteiger partial charge >= 0.3 is 0 Å². The van der Waals surface area contributed by atoms with Crippen molar-refractivity contribution in [1.82, 2.24) is 9.97 Å². The van der Waals surface area contributed by atoms with Gasteiger partial charge in [-0.05, 0) is 19.9 Å². The van der Waals surface area contributed by atoms with Crippen molar-refractivity contribution in [3.63, 3.8) is 0 Å². The van der Waals surface area contributed by atoms with Crippen LogP contribution in [0.1, 0.15) is 18.4 Å². The monoisotopic (exact) mass is 163 g/mol. The summed E-state index contributed by atoms with van der Waals surface area (Å²) >= 11 is 0. The number of H-pyrrole nitrogens is 1. The van der Waals surface area contributed by atoms with Gasteiger partial charge in [-0.15, -0.1) is 0 Å². The number of nitrogens with one attached hydrogen (secondary N) is 1. The molecule has 0 aliphatic heterocycles. The van der Waals surface area contributed by atoms with Crippen LogP contribution in [0.4, 0.5) is 0 Å². The van der Waals surface area contributed by atoms with Crippen LogP contribution in [0.15, 0.2) is 23.3 Å². The Morgan fingerprint density at radius 2 is 2.42 bits per heavy atom. The molecule has 0 bridgehead atoms. The molecule has 0 radical (unpaired) electrons. The van der Waals surface area contributed by atoms with E-state index in [2.05, 4.69) is 15.0 Å². The molecule has 0 spiro atoms. The smallest absolute Gasteiger partial charge is 0.155 e. The van der Waals surface area contributed by atoms with Gasteiger partial charge in [-0.2, -0.15) is 0 Å². The zero-order valence-electron chi connectivity index (χ0n) is 7.63. The topological polar surface area (TPSA) is 41.0 Å². The van der Waals surface area contributed by atoms with E-state index in [0.717, 1.165) is 17.2 Å². The van der Waals surface area contributed by atoms with Crippen molar-refractivity contribution < 1.29 is 0 Å². The molecule has 0 aliphatic carbocycles. The summed E-state index contributed by atoms with van der Waals surface area (Å²) in [4.78, 5) is 11.4. The molecule has 1 heterocycles. The predicted molar refractivity (Wildman–Crippen MR) is 50.6 cm³/mol. The van der Waals surface area contributed by atoms with E-state index in [1.165, 1.54) is 0 Å². The fourth-order valence-corrected chi connectivity index (χ4v) is 0.960. The van der Waals surface area contributed by atoms with Crippen molar-refractivity contribution in [2.24, 2.45) is 4.99 Å². The Bertz CT molecular complexity index is 307. The third-order valence-electron chi connectivity index (χ3n) is 1.51. The third-order valence-corrected chi connectivity index (χ3v) is 1.51. The minimum absolute atomic E-state index is 0.827. The number of aryl methyl sites for hydroxylation is 1. The molecule has 0 amide bonds. The van der Waals surface area contributed by atoms with Crippen LogP contribution in [-0.2, 0) is 0 Å². The molecule has 0 aromatic carbocycles. The molecule has 0 fully saturated rings. The Balaban J connectivity index is 2.96. The number of nitrogens with zero attached hydrogens (tertiary/aromatic N) is 2. The minimum Gasteiger partial charge on any atom is -0.341 e. The van der Waals surface area contributed by atoms with Gasteiger partial charge in [-0.25, -0.2) is 4.98 Å². The Kier molecular flexibility index (Phi) is 2.80. The first-order valence-corrected chi connectivity index (χ1v) is 3.89. The Morgan fingerprint density at radius 3 is 2.83 bits per heavy atom. The van der Waals surface area contributed by atoms with Gasteiger partial charge in [0, 0.05) is 18.9 Å². The van der Waals surface area contributed by atoms with E-state index in [1.54, 1.807) is 13.2 Å². The second kappa shape index (κ2) is 3.85. The van der Waals surface area contributed by atoms with Crippen LogP contribution in [0, 0.1) is 6.92 Å². The predicted octanol–water partition coefficient (Wildman–Crippen LogP) is 1.71. The maximum absolute atomic E-state index is 4.17. The zero-order valence-corrected chi connectivity index (χ0v) is 7.63. The first-order valence-electron chi connectivity index (χ1n) is 3.89. The molecule has 12 heavy (non-hydrogen) atoms. The highest BCUT2D eigenvalue weighted by molar-refractivity contribution is 6.05. The molecule has 0 atom stereocenters. The number of hydrogen-bond acceptors (Lipinski definition) is 2. The van der Waals surface area contributed by atoms with Crippen molar-refractivity contribution in [1.29, 1.82) is 0 Å². The molecule has 3 heteroatoms. The fraction of sp³-hybridized carbons (Fsp3) is 0.333. The van der Waals surface area contributed by atoms with Crippen molar-refractivity contribution in [2.45, 2.75) is 13.8 Å². The minimum atomic E-state index is 0.827. The molecular formula is C9H13N3. The van der Waals surface area contributed by atoms with Gasteiger partial charge in [0.2, 0.25) is 0 Å². The van der Waals surface area contributed by atoms with E-state index in [-0.39, 0.29) is 0 Å². The maximum Gasteiger partial charge on any atom is 0.155 e. The highest BCUT2D eigenvalue weighted by Gasteiger charge is 2.00. The molecule has 0 saturated carbocycles. The molecular weight excluding hydrogens is 150 g/mol. The van der Waals surface area contributed by atoms with Gasteiger partial charge in [0.05, 0.1) is 5.71 Å². The van der Waals surface area contributed by atoms with E-state index in [1.807, 2.05) is 26.0 Å². The number of rotatable bonds is 2. The van der Waals surface area contributed by atoms with Crippen molar-refractivity contribution in [3.05, 3.63) is 29.9 Å². The highest BCUT2D eigenvalue weighted by atomic mass is 14.9. The SMILES string of the molecule is C/C=C\C(=NC)c1ncc(C)[nH]1. The Hall–Kier alpha value is -1.38. The average Bonchev–Trinajstić information content (AvgIpc) is 2.47. The standard InChI is InChI=1S/C9H13N3/c1-4-5-8(10-3)9-11-6-7(2)12-9/h4-6H,1-3H3,(H,11,12)/b5-4-,10-8?. The number of hydrogen-bond donors (Lipinski definition) is 1. The van der Waals surface area contributed by atoms with Crippen molar-refractivity contribution in [2.75, 3.05) is 7.05 Å².